The molecule has 1 aliphatic heterocycles. The van der Waals surface area contributed by atoms with Crippen LogP contribution in [0.3, 0.4) is 0 Å². The summed E-state index contributed by atoms with van der Waals surface area (Å²) in [6, 6.07) is 32.8. The summed E-state index contributed by atoms with van der Waals surface area (Å²) in [5.74, 6) is 0.271. The van der Waals surface area contributed by atoms with Gasteiger partial charge in [-0.05, 0) is 34.0 Å². The van der Waals surface area contributed by atoms with Crippen molar-refractivity contribution in [2.45, 2.75) is 5.92 Å². The standard InChI is InChI=1S/C26H18N/c1-2-10-20(11-3-1)27-23-16-14-18-8-4-6-12-21(18)25(23)26-22-13-7-5-9-19(22)15-17-24(26)27/h1-17,25H/q+1. The highest BCUT2D eigenvalue weighted by Crippen LogP contribution is 2.47. The first-order valence-electron chi connectivity index (χ1n) is 9.42. The normalized spacial score (nSPS) is 17.0. The van der Waals surface area contributed by atoms with Crippen LogP contribution in [0.25, 0.3) is 16.8 Å². The van der Waals surface area contributed by atoms with Crippen LogP contribution in [0.15, 0.2) is 97.1 Å². The molecule has 1 heterocycles. The summed E-state index contributed by atoms with van der Waals surface area (Å²) in [6.07, 6.45) is 4.56. The highest BCUT2D eigenvalue weighted by molar-refractivity contribution is 6.16. The molecular formula is C26H18N+. The maximum Gasteiger partial charge on any atom is 0.216 e. The topological polar surface area (TPSA) is 3.01 Å². The van der Waals surface area contributed by atoms with E-state index in [4.69, 9.17) is 0 Å². The molecule has 0 bridgehead atoms. The van der Waals surface area contributed by atoms with Crippen LogP contribution in [0.5, 0.6) is 0 Å². The molecule has 0 saturated carbocycles. The Hall–Kier alpha value is -3.45. The maximum absolute atomic E-state index is 2.43. The molecule has 1 atom stereocenters. The predicted octanol–water partition coefficient (Wildman–Crippen LogP) is 6.29. The van der Waals surface area contributed by atoms with Crippen molar-refractivity contribution >= 4 is 33.9 Å². The second-order valence-electron chi connectivity index (χ2n) is 7.21. The Morgan fingerprint density at radius 1 is 0.630 bits per heavy atom. The molecule has 1 aliphatic carbocycles. The molecule has 1 nitrogen and oxygen atoms in total. The number of rotatable bonds is 1. The predicted molar refractivity (Wildman–Crippen MR) is 114 cm³/mol. The number of hydrogen-bond donors (Lipinski definition) is 0. The van der Waals surface area contributed by atoms with Gasteiger partial charge in [-0.2, -0.15) is 4.58 Å². The van der Waals surface area contributed by atoms with Gasteiger partial charge < -0.3 is 0 Å². The van der Waals surface area contributed by atoms with Crippen molar-refractivity contribution in [3.05, 3.63) is 114 Å². The fourth-order valence-electron chi connectivity index (χ4n) is 4.65. The molecule has 0 aromatic heterocycles. The highest BCUT2D eigenvalue weighted by Gasteiger charge is 2.43. The smallest absolute Gasteiger partial charge is 0.157 e. The van der Waals surface area contributed by atoms with Crippen molar-refractivity contribution in [1.29, 1.82) is 0 Å². The van der Waals surface area contributed by atoms with E-state index in [9.17, 15) is 0 Å². The van der Waals surface area contributed by atoms with Gasteiger partial charge in [-0.15, -0.1) is 0 Å². The Kier molecular flexibility index (Phi) is 3.00. The maximum atomic E-state index is 2.43. The molecule has 0 fully saturated rings. The third kappa shape index (κ3) is 2.03. The van der Waals surface area contributed by atoms with E-state index in [2.05, 4.69) is 108 Å². The van der Waals surface area contributed by atoms with Crippen LogP contribution in [-0.4, -0.2) is 5.71 Å². The Bertz CT molecular complexity index is 1260. The van der Waals surface area contributed by atoms with Crippen LogP contribution in [-0.2, 0) is 0 Å². The summed E-state index contributed by atoms with van der Waals surface area (Å²) in [5, 5.41) is 2.65. The number of para-hydroxylation sites is 1. The molecule has 1 heteroatoms. The van der Waals surface area contributed by atoms with E-state index in [1.54, 1.807) is 0 Å². The summed E-state index contributed by atoms with van der Waals surface area (Å²) < 4.78 is 2.43. The molecule has 126 valence electrons. The molecule has 27 heavy (non-hydrogen) atoms. The second-order valence-corrected chi connectivity index (χ2v) is 7.21. The lowest BCUT2D eigenvalue weighted by Crippen LogP contribution is -2.18. The summed E-state index contributed by atoms with van der Waals surface area (Å²) in [6.45, 7) is 0. The van der Waals surface area contributed by atoms with Crippen LogP contribution in [0, 0.1) is 0 Å². The molecule has 0 N–H and O–H groups in total. The van der Waals surface area contributed by atoms with Crippen LogP contribution in [0.2, 0.25) is 0 Å². The highest BCUT2D eigenvalue weighted by atomic mass is 15.1. The summed E-state index contributed by atoms with van der Waals surface area (Å²) in [5.41, 5.74) is 7.98. The first-order valence-corrected chi connectivity index (χ1v) is 9.42. The number of allylic oxidation sites excluding steroid dienone is 1. The quantitative estimate of drug-likeness (QED) is 0.357. The first-order chi connectivity index (χ1) is 13.4. The minimum Gasteiger partial charge on any atom is -0.157 e. The molecule has 4 aromatic carbocycles. The second kappa shape index (κ2) is 5.52. The van der Waals surface area contributed by atoms with Gasteiger partial charge in [-0.1, -0.05) is 66.7 Å². The molecule has 0 radical (unpaired) electrons. The van der Waals surface area contributed by atoms with Gasteiger partial charge in [0.1, 0.15) is 5.92 Å². The van der Waals surface area contributed by atoms with Gasteiger partial charge in [0.15, 0.2) is 5.71 Å². The van der Waals surface area contributed by atoms with E-state index in [-0.39, 0.29) is 5.92 Å². The fraction of sp³-hybridized carbons (Fsp3) is 0.0385. The van der Waals surface area contributed by atoms with Crippen LogP contribution < -0.4 is 4.58 Å². The largest absolute Gasteiger partial charge is 0.216 e. The number of nitrogens with zero attached hydrogens (tertiary/aromatic N) is 1. The lowest BCUT2D eigenvalue weighted by molar-refractivity contribution is 1.09. The molecule has 6 rings (SSSR count). The average Bonchev–Trinajstić information content (AvgIpc) is 3.09. The van der Waals surface area contributed by atoms with Crippen molar-refractivity contribution in [3.8, 4) is 0 Å². The van der Waals surface area contributed by atoms with Crippen molar-refractivity contribution in [3.63, 3.8) is 0 Å². The van der Waals surface area contributed by atoms with Crippen molar-refractivity contribution in [2.24, 2.45) is 0 Å². The Morgan fingerprint density at radius 2 is 1.41 bits per heavy atom. The fourth-order valence-corrected chi connectivity index (χ4v) is 4.65. The third-order valence-corrected chi connectivity index (χ3v) is 5.79. The molecule has 2 aliphatic rings. The minimum atomic E-state index is 0.271. The van der Waals surface area contributed by atoms with E-state index in [0.29, 0.717) is 0 Å². The van der Waals surface area contributed by atoms with Crippen LogP contribution in [0.4, 0.5) is 11.4 Å². The third-order valence-electron chi connectivity index (χ3n) is 5.79. The zero-order chi connectivity index (χ0) is 17.8. The van der Waals surface area contributed by atoms with Gasteiger partial charge in [0.25, 0.3) is 0 Å². The van der Waals surface area contributed by atoms with Crippen LogP contribution in [0.1, 0.15) is 22.6 Å². The Labute approximate surface area is 158 Å². The number of hydrogen-bond acceptors (Lipinski definition) is 0. The van der Waals surface area contributed by atoms with Crippen molar-refractivity contribution in [2.75, 3.05) is 0 Å². The van der Waals surface area contributed by atoms with Crippen molar-refractivity contribution < 1.29 is 0 Å². The first kappa shape index (κ1) is 14.7. The van der Waals surface area contributed by atoms with E-state index in [1.807, 2.05) is 0 Å². The summed E-state index contributed by atoms with van der Waals surface area (Å²) in [7, 11) is 0. The Morgan fingerprint density at radius 3 is 2.33 bits per heavy atom. The van der Waals surface area contributed by atoms with E-state index < -0.39 is 0 Å². The number of fused-ring (bicyclic) bond motifs is 7. The van der Waals surface area contributed by atoms with Gasteiger partial charge in [0.05, 0.1) is 5.56 Å². The average molecular weight is 344 g/mol. The molecule has 0 saturated heterocycles. The lowest BCUT2D eigenvalue weighted by atomic mass is 9.80. The minimum absolute atomic E-state index is 0.271. The van der Waals surface area contributed by atoms with Gasteiger partial charge in [-0.25, -0.2) is 0 Å². The van der Waals surface area contributed by atoms with E-state index >= 15 is 0 Å². The summed E-state index contributed by atoms with van der Waals surface area (Å²) >= 11 is 0. The molecule has 0 spiro atoms. The molecular weight excluding hydrogens is 326 g/mol. The number of benzene rings is 4. The Balaban J connectivity index is 1.75. The van der Waals surface area contributed by atoms with Gasteiger partial charge in [0, 0.05) is 24.3 Å². The molecule has 0 amide bonds. The molecule has 1 unspecified atom stereocenters. The van der Waals surface area contributed by atoms with Gasteiger partial charge in [0.2, 0.25) is 11.4 Å². The van der Waals surface area contributed by atoms with Crippen molar-refractivity contribution in [1.82, 2.24) is 4.58 Å². The van der Waals surface area contributed by atoms with Gasteiger partial charge >= 0.3 is 0 Å². The van der Waals surface area contributed by atoms with Gasteiger partial charge in [-0.3, -0.25) is 0 Å². The summed E-state index contributed by atoms with van der Waals surface area (Å²) in [4.78, 5) is 0. The lowest BCUT2D eigenvalue weighted by Gasteiger charge is -2.17. The SMILES string of the molecule is C1=Cc2ccccc2C2C1=[N+](c1ccccc1)c1ccc3ccccc3c12. The van der Waals surface area contributed by atoms with E-state index in [1.165, 1.54) is 44.5 Å². The zero-order valence-electron chi connectivity index (χ0n) is 14.8. The monoisotopic (exact) mass is 344 g/mol. The zero-order valence-corrected chi connectivity index (χ0v) is 14.8. The van der Waals surface area contributed by atoms with Crippen LogP contribution >= 0.6 is 0 Å². The van der Waals surface area contributed by atoms with E-state index in [0.717, 1.165) is 0 Å². The molecule has 4 aromatic rings.